The summed E-state index contributed by atoms with van der Waals surface area (Å²) >= 11 is 0. The summed E-state index contributed by atoms with van der Waals surface area (Å²) in [6.45, 7) is 1.21. The topological polar surface area (TPSA) is 75.7 Å². The van der Waals surface area contributed by atoms with E-state index in [4.69, 9.17) is 0 Å². The summed E-state index contributed by atoms with van der Waals surface area (Å²) in [6, 6.07) is -2.20. The second-order valence-electron chi connectivity index (χ2n) is 4.41. The Labute approximate surface area is 113 Å². The Morgan fingerprint density at radius 1 is 1.35 bits per heavy atom. The smallest absolute Gasteiger partial charge is 0.467 e. The van der Waals surface area contributed by atoms with Gasteiger partial charge in [-0.05, 0) is 19.8 Å². The highest BCUT2D eigenvalue weighted by Crippen LogP contribution is 2.25. The van der Waals surface area contributed by atoms with Gasteiger partial charge in [-0.1, -0.05) is 0 Å². The molecule has 1 fully saturated rings. The predicted molar refractivity (Wildman–Crippen MR) is 60.4 cm³/mol. The third-order valence-electron chi connectivity index (χ3n) is 2.97. The molecule has 0 aromatic heterocycles. The first-order valence-corrected chi connectivity index (χ1v) is 5.94. The molecule has 0 aromatic rings. The van der Waals surface area contributed by atoms with Gasteiger partial charge in [0.25, 0.3) is 0 Å². The second kappa shape index (κ2) is 6.10. The summed E-state index contributed by atoms with van der Waals surface area (Å²) in [5, 5.41) is 2.23. The minimum Gasteiger partial charge on any atom is -0.467 e. The Hall–Kier alpha value is -1.80. The molecular formula is C11H15F3N2O4. The van der Waals surface area contributed by atoms with Crippen molar-refractivity contribution in [2.45, 2.75) is 38.0 Å². The fourth-order valence-corrected chi connectivity index (χ4v) is 1.99. The number of halogens is 3. The molecule has 1 saturated heterocycles. The van der Waals surface area contributed by atoms with Crippen LogP contribution < -0.4 is 5.32 Å². The van der Waals surface area contributed by atoms with Gasteiger partial charge in [-0.3, -0.25) is 9.59 Å². The van der Waals surface area contributed by atoms with Gasteiger partial charge in [-0.15, -0.1) is 0 Å². The number of hydrogen-bond acceptors (Lipinski definition) is 4. The van der Waals surface area contributed by atoms with E-state index in [1.54, 1.807) is 0 Å². The Morgan fingerprint density at radius 2 is 1.95 bits per heavy atom. The second-order valence-corrected chi connectivity index (χ2v) is 4.41. The van der Waals surface area contributed by atoms with E-state index in [0.29, 0.717) is 11.3 Å². The van der Waals surface area contributed by atoms with Crippen molar-refractivity contribution >= 4 is 17.8 Å². The van der Waals surface area contributed by atoms with Gasteiger partial charge in [0, 0.05) is 6.54 Å². The Morgan fingerprint density at radius 3 is 2.45 bits per heavy atom. The van der Waals surface area contributed by atoms with Crippen LogP contribution >= 0.6 is 0 Å². The number of methoxy groups -OCH3 is 1. The van der Waals surface area contributed by atoms with E-state index in [0.717, 1.165) is 7.11 Å². The first-order chi connectivity index (χ1) is 9.18. The lowest BCUT2D eigenvalue weighted by molar-refractivity contribution is -0.186. The lowest BCUT2D eigenvalue weighted by atomic mass is 10.2. The van der Waals surface area contributed by atoms with Crippen molar-refractivity contribution in [3.05, 3.63) is 0 Å². The van der Waals surface area contributed by atoms with E-state index < -0.39 is 36.0 Å². The third kappa shape index (κ3) is 3.61. The normalized spacial score (nSPS) is 20.4. The minimum absolute atomic E-state index is 0.127. The van der Waals surface area contributed by atoms with E-state index >= 15 is 0 Å². The van der Waals surface area contributed by atoms with Crippen molar-refractivity contribution in [2.24, 2.45) is 0 Å². The highest BCUT2D eigenvalue weighted by atomic mass is 19.4. The van der Waals surface area contributed by atoms with E-state index in [1.165, 1.54) is 6.92 Å². The molecule has 0 aromatic carbocycles. The average molecular weight is 296 g/mol. The fraction of sp³-hybridized carbons (Fsp3) is 0.727. The molecule has 0 saturated carbocycles. The Balaban J connectivity index is 2.72. The van der Waals surface area contributed by atoms with Crippen molar-refractivity contribution in [3.63, 3.8) is 0 Å². The highest BCUT2D eigenvalue weighted by Gasteiger charge is 2.47. The number of esters is 1. The first kappa shape index (κ1) is 16.3. The maximum Gasteiger partial charge on any atom is 0.471 e. The van der Waals surface area contributed by atoms with Crippen LogP contribution in [0.4, 0.5) is 13.2 Å². The molecule has 1 rings (SSSR count). The molecular weight excluding hydrogens is 281 g/mol. The SMILES string of the molecule is COC(=O)[C@H](C)NC(=O)[C@@H]1CCCN1C(=O)C(F)(F)F. The molecule has 6 nitrogen and oxygen atoms in total. The molecule has 2 atom stereocenters. The molecule has 1 heterocycles. The van der Waals surface area contributed by atoms with Gasteiger partial charge in [0.2, 0.25) is 5.91 Å². The van der Waals surface area contributed by atoms with Crippen LogP contribution in [0.1, 0.15) is 19.8 Å². The zero-order valence-corrected chi connectivity index (χ0v) is 11.0. The molecule has 20 heavy (non-hydrogen) atoms. The summed E-state index contributed by atoms with van der Waals surface area (Å²) in [7, 11) is 1.13. The molecule has 9 heteroatoms. The van der Waals surface area contributed by atoms with Crippen LogP contribution in [0.2, 0.25) is 0 Å². The van der Waals surface area contributed by atoms with Gasteiger partial charge >= 0.3 is 18.1 Å². The number of carbonyl (C=O) groups is 3. The largest absolute Gasteiger partial charge is 0.471 e. The molecule has 2 amide bonds. The maximum absolute atomic E-state index is 12.4. The number of nitrogens with zero attached hydrogens (tertiary/aromatic N) is 1. The zero-order chi connectivity index (χ0) is 15.5. The number of carbonyl (C=O) groups excluding carboxylic acids is 3. The van der Waals surface area contributed by atoms with Gasteiger partial charge < -0.3 is 15.0 Å². The Bertz CT molecular complexity index is 411. The number of alkyl halides is 3. The number of hydrogen-bond donors (Lipinski definition) is 1. The van der Waals surface area contributed by atoms with Crippen LogP contribution in [0.5, 0.6) is 0 Å². The van der Waals surface area contributed by atoms with Gasteiger partial charge in [0.15, 0.2) is 0 Å². The summed E-state index contributed by atoms with van der Waals surface area (Å²) in [5.74, 6) is -3.55. The molecule has 0 aliphatic carbocycles. The van der Waals surface area contributed by atoms with Crippen LogP contribution in [0.15, 0.2) is 0 Å². The molecule has 0 bridgehead atoms. The van der Waals surface area contributed by atoms with Gasteiger partial charge in [-0.2, -0.15) is 13.2 Å². The number of nitrogens with one attached hydrogen (secondary N) is 1. The van der Waals surface area contributed by atoms with Crippen molar-refractivity contribution in [2.75, 3.05) is 13.7 Å². The van der Waals surface area contributed by atoms with Crippen LogP contribution in [-0.2, 0) is 19.1 Å². The molecule has 0 spiro atoms. The van der Waals surface area contributed by atoms with Gasteiger partial charge in [0.05, 0.1) is 7.11 Å². The van der Waals surface area contributed by atoms with E-state index in [2.05, 4.69) is 10.1 Å². The predicted octanol–water partition coefficient (Wildman–Crippen LogP) is 0.217. The number of amides is 2. The summed E-state index contributed by atoms with van der Waals surface area (Å²) in [5.41, 5.74) is 0. The van der Waals surface area contributed by atoms with Crippen LogP contribution in [0.25, 0.3) is 0 Å². The molecule has 1 aliphatic heterocycles. The minimum atomic E-state index is -5.02. The molecule has 114 valence electrons. The van der Waals surface area contributed by atoms with Gasteiger partial charge in [0.1, 0.15) is 12.1 Å². The molecule has 1 aliphatic rings. The molecule has 0 unspecified atom stereocenters. The number of ether oxygens (including phenoxy) is 1. The quantitative estimate of drug-likeness (QED) is 0.756. The lowest BCUT2D eigenvalue weighted by Crippen LogP contribution is -2.52. The standard InChI is InChI=1S/C11H15F3N2O4/c1-6(9(18)20-2)15-8(17)7-4-3-5-16(7)10(19)11(12,13)14/h6-7H,3-5H2,1-2H3,(H,15,17)/t6-,7-/m0/s1. The van der Waals surface area contributed by atoms with E-state index in [9.17, 15) is 27.6 Å². The molecule has 1 N–H and O–H groups in total. The fourth-order valence-electron chi connectivity index (χ4n) is 1.99. The summed E-state index contributed by atoms with van der Waals surface area (Å²) in [6.07, 6.45) is -4.59. The van der Waals surface area contributed by atoms with E-state index in [-0.39, 0.29) is 13.0 Å². The van der Waals surface area contributed by atoms with E-state index in [1.807, 2.05) is 0 Å². The monoisotopic (exact) mass is 296 g/mol. The van der Waals surface area contributed by atoms with Crippen molar-refractivity contribution in [1.82, 2.24) is 10.2 Å². The maximum atomic E-state index is 12.4. The summed E-state index contributed by atoms with van der Waals surface area (Å²) < 4.78 is 41.5. The Kier molecular flexibility index (Phi) is 4.96. The van der Waals surface area contributed by atoms with Crippen molar-refractivity contribution < 1.29 is 32.3 Å². The van der Waals surface area contributed by atoms with Crippen LogP contribution in [-0.4, -0.2) is 54.6 Å². The number of rotatable bonds is 3. The third-order valence-corrected chi connectivity index (χ3v) is 2.97. The van der Waals surface area contributed by atoms with Crippen molar-refractivity contribution in [3.8, 4) is 0 Å². The van der Waals surface area contributed by atoms with Crippen LogP contribution in [0.3, 0.4) is 0 Å². The average Bonchev–Trinajstić information content (AvgIpc) is 2.84. The van der Waals surface area contributed by atoms with Crippen LogP contribution in [0, 0.1) is 0 Å². The zero-order valence-electron chi connectivity index (χ0n) is 11.0. The van der Waals surface area contributed by atoms with Crippen molar-refractivity contribution in [1.29, 1.82) is 0 Å². The van der Waals surface area contributed by atoms with Gasteiger partial charge in [-0.25, -0.2) is 4.79 Å². The first-order valence-electron chi connectivity index (χ1n) is 5.94. The number of likely N-dealkylation sites (tertiary alicyclic amines) is 1. The molecule has 0 radical (unpaired) electrons. The lowest BCUT2D eigenvalue weighted by Gasteiger charge is -2.25. The highest BCUT2D eigenvalue weighted by molar-refractivity contribution is 5.92. The summed E-state index contributed by atoms with van der Waals surface area (Å²) in [4.78, 5) is 34.6.